The van der Waals surface area contributed by atoms with E-state index < -0.39 is 0 Å². The summed E-state index contributed by atoms with van der Waals surface area (Å²) < 4.78 is 4.37. The zero-order valence-corrected chi connectivity index (χ0v) is 11.7. The second kappa shape index (κ2) is 4.91. The lowest BCUT2D eigenvalue weighted by Gasteiger charge is -2.08. The number of hydrogen-bond donors (Lipinski definition) is 1. The third kappa shape index (κ3) is 1.94. The summed E-state index contributed by atoms with van der Waals surface area (Å²) in [6.45, 7) is 5.40. The highest BCUT2D eigenvalue weighted by Gasteiger charge is 2.17. The van der Waals surface area contributed by atoms with Crippen molar-refractivity contribution in [2.24, 2.45) is 14.1 Å². The fourth-order valence-corrected chi connectivity index (χ4v) is 2.18. The van der Waals surface area contributed by atoms with Gasteiger partial charge in [0.05, 0.1) is 0 Å². The molecule has 0 atom stereocenters. The Hall–Kier alpha value is -2.05. The van der Waals surface area contributed by atoms with E-state index in [-0.39, 0.29) is 11.2 Å². The molecule has 0 saturated carbocycles. The van der Waals surface area contributed by atoms with Crippen molar-refractivity contribution in [1.82, 2.24) is 18.7 Å². The molecule has 0 fully saturated rings. The Balaban J connectivity index is 2.92. The van der Waals surface area contributed by atoms with Crippen molar-refractivity contribution in [2.45, 2.75) is 26.8 Å². The van der Waals surface area contributed by atoms with Crippen molar-refractivity contribution in [3.63, 3.8) is 0 Å². The number of hydrogen-bond acceptors (Lipinski definition) is 4. The molecule has 2 heterocycles. The van der Waals surface area contributed by atoms with Gasteiger partial charge in [-0.1, -0.05) is 6.92 Å². The summed E-state index contributed by atoms with van der Waals surface area (Å²) >= 11 is 0. The zero-order chi connectivity index (χ0) is 14.2. The highest BCUT2D eigenvalue weighted by atomic mass is 16.2. The van der Waals surface area contributed by atoms with Crippen LogP contribution < -0.4 is 16.6 Å². The monoisotopic (exact) mass is 265 g/mol. The van der Waals surface area contributed by atoms with Crippen LogP contribution in [-0.4, -0.2) is 25.2 Å². The molecule has 0 spiro atoms. The van der Waals surface area contributed by atoms with Crippen LogP contribution in [0, 0.1) is 0 Å². The Morgan fingerprint density at radius 1 is 1.16 bits per heavy atom. The first kappa shape index (κ1) is 13.4. The molecule has 0 radical (unpaired) electrons. The Morgan fingerprint density at radius 3 is 2.42 bits per heavy atom. The molecule has 7 heteroatoms. The molecule has 1 N–H and O–H groups in total. The number of nitrogens with one attached hydrogen (secondary N) is 1. The molecular formula is C12H19N5O2. The van der Waals surface area contributed by atoms with Gasteiger partial charge in [0, 0.05) is 27.2 Å². The van der Waals surface area contributed by atoms with Gasteiger partial charge in [0.25, 0.3) is 5.56 Å². The van der Waals surface area contributed by atoms with Crippen molar-refractivity contribution < 1.29 is 0 Å². The van der Waals surface area contributed by atoms with Gasteiger partial charge in [-0.2, -0.15) is 4.98 Å². The smallest absolute Gasteiger partial charge is 0.332 e. The molecule has 104 valence electrons. The van der Waals surface area contributed by atoms with E-state index in [1.165, 1.54) is 11.6 Å². The number of fused-ring (bicyclic) bond motifs is 1. The molecule has 0 bridgehead atoms. The zero-order valence-electron chi connectivity index (χ0n) is 11.7. The van der Waals surface area contributed by atoms with Crippen LogP contribution in [0.4, 0.5) is 5.95 Å². The normalized spacial score (nSPS) is 11.2. The molecule has 7 nitrogen and oxygen atoms in total. The Bertz CT molecular complexity index is 722. The maximum atomic E-state index is 12.3. The Labute approximate surface area is 110 Å². The molecule has 2 aromatic heterocycles. The van der Waals surface area contributed by atoms with Gasteiger partial charge < -0.3 is 9.88 Å². The summed E-state index contributed by atoms with van der Waals surface area (Å²) in [5, 5.41) is 3.13. The third-order valence-corrected chi connectivity index (χ3v) is 3.13. The first-order valence-electron chi connectivity index (χ1n) is 6.43. The minimum atomic E-state index is -0.360. The molecule has 0 saturated heterocycles. The van der Waals surface area contributed by atoms with Crippen LogP contribution in [0.1, 0.15) is 20.3 Å². The van der Waals surface area contributed by atoms with Crippen LogP contribution in [0.2, 0.25) is 0 Å². The fraction of sp³-hybridized carbons (Fsp3) is 0.583. The largest absolute Gasteiger partial charge is 0.356 e. The van der Waals surface area contributed by atoms with Crippen LogP contribution in [0.5, 0.6) is 0 Å². The lowest BCUT2D eigenvalue weighted by atomic mass is 10.4. The molecule has 2 aromatic rings. The first-order chi connectivity index (χ1) is 9.02. The van der Waals surface area contributed by atoms with Crippen LogP contribution in [-0.2, 0) is 20.6 Å². The van der Waals surface area contributed by atoms with Gasteiger partial charge in [-0.15, -0.1) is 0 Å². The fourth-order valence-electron chi connectivity index (χ4n) is 2.18. The summed E-state index contributed by atoms with van der Waals surface area (Å²) in [7, 11) is 3.11. The molecule has 0 aliphatic heterocycles. The SMILES string of the molecule is CCCn1c(NCC)nc2c1c(=O)n(C)c(=O)n2C. The van der Waals surface area contributed by atoms with Gasteiger partial charge in [-0.3, -0.25) is 13.9 Å². The number of rotatable bonds is 4. The second-order valence-corrected chi connectivity index (χ2v) is 4.50. The van der Waals surface area contributed by atoms with Gasteiger partial charge in [-0.25, -0.2) is 4.79 Å². The van der Waals surface area contributed by atoms with Crippen LogP contribution >= 0.6 is 0 Å². The third-order valence-electron chi connectivity index (χ3n) is 3.13. The van der Waals surface area contributed by atoms with E-state index in [1.54, 1.807) is 7.05 Å². The van der Waals surface area contributed by atoms with Gasteiger partial charge >= 0.3 is 5.69 Å². The van der Waals surface area contributed by atoms with E-state index in [1.807, 2.05) is 18.4 Å². The summed E-state index contributed by atoms with van der Waals surface area (Å²) in [4.78, 5) is 28.6. The van der Waals surface area contributed by atoms with E-state index >= 15 is 0 Å². The average Bonchev–Trinajstić information content (AvgIpc) is 2.74. The number of nitrogens with zero attached hydrogens (tertiary/aromatic N) is 4. The summed E-state index contributed by atoms with van der Waals surface area (Å²) in [5.74, 6) is 0.637. The summed E-state index contributed by atoms with van der Waals surface area (Å²) in [6, 6.07) is 0. The topological polar surface area (TPSA) is 73.8 Å². The van der Waals surface area contributed by atoms with E-state index in [2.05, 4.69) is 10.3 Å². The Morgan fingerprint density at radius 2 is 1.84 bits per heavy atom. The van der Waals surface area contributed by atoms with Crippen molar-refractivity contribution >= 4 is 17.1 Å². The first-order valence-corrected chi connectivity index (χ1v) is 6.43. The number of aromatic nitrogens is 4. The lowest BCUT2D eigenvalue weighted by molar-refractivity contribution is 0.678. The minimum absolute atomic E-state index is 0.303. The second-order valence-electron chi connectivity index (χ2n) is 4.50. The Kier molecular flexibility index (Phi) is 3.46. The quantitative estimate of drug-likeness (QED) is 0.861. The summed E-state index contributed by atoms with van der Waals surface area (Å²) in [6.07, 6.45) is 0.885. The molecule has 0 aliphatic rings. The summed E-state index contributed by atoms with van der Waals surface area (Å²) in [5.41, 5.74) is 0.241. The van der Waals surface area contributed by atoms with Crippen LogP contribution in [0.25, 0.3) is 11.2 Å². The van der Waals surface area contributed by atoms with Crippen molar-refractivity contribution in [2.75, 3.05) is 11.9 Å². The number of anilines is 1. The molecule has 0 unspecified atom stereocenters. The van der Waals surface area contributed by atoms with Crippen LogP contribution in [0.3, 0.4) is 0 Å². The van der Waals surface area contributed by atoms with Crippen molar-refractivity contribution in [1.29, 1.82) is 0 Å². The van der Waals surface area contributed by atoms with E-state index in [4.69, 9.17) is 0 Å². The molecule has 0 aliphatic carbocycles. The standard InChI is InChI=1S/C12H19N5O2/c1-5-7-17-8-9(14-11(17)13-6-2)15(3)12(19)16(4)10(8)18/h5-7H2,1-4H3,(H,13,14). The van der Waals surface area contributed by atoms with Gasteiger partial charge in [0.15, 0.2) is 11.2 Å². The number of aryl methyl sites for hydroxylation is 2. The molecular weight excluding hydrogens is 246 g/mol. The highest BCUT2D eigenvalue weighted by Crippen LogP contribution is 2.15. The molecule has 2 rings (SSSR count). The van der Waals surface area contributed by atoms with Crippen molar-refractivity contribution in [3.05, 3.63) is 20.8 Å². The van der Waals surface area contributed by atoms with E-state index in [0.29, 0.717) is 30.2 Å². The average molecular weight is 265 g/mol. The van der Waals surface area contributed by atoms with Gasteiger partial charge in [0.1, 0.15) is 0 Å². The lowest BCUT2D eigenvalue weighted by Crippen LogP contribution is -2.37. The van der Waals surface area contributed by atoms with Gasteiger partial charge in [0.2, 0.25) is 5.95 Å². The van der Waals surface area contributed by atoms with E-state index in [0.717, 1.165) is 11.0 Å². The predicted molar refractivity (Wildman–Crippen MR) is 74.7 cm³/mol. The highest BCUT2D eigenvalue weighted by molar-refractivity contribution is 5.74. The molecule has 0 amide bonds. The molecule has 19 heavy (non-hydrogen) atoms. The van der Waals surface area contributed by atoms with E-state index in [9.17, 15) is 9.59 Å². The maximum Gasteiger partial charge on any atom is 0.332 e. The van der Waals surface area contributed by atoms with Crippen molar-refractivity contribution in [3.8, 4) is 0 Å². The minimum Gasteiger partial charge on any atom is -0.356 e. The number of imidazole rings is 1. The van der Waals surface area contributed by atoms with Crippen LogP contribution in [0.15, 0.2) is 9.59 Å². The predicted octanol–water partition coefficient (Wildman–Crippen LogP) is 0.275. The van der Waals surface area contributed by atoms with Gasteiger partial charge in [-0.05, 0) is 13.3 Å². The maximum absolute atomic E-state index is 12.3. The molecule has 0 aromatic carbocycles.